The van der Waals surface area contributed by atoms with Crippen molar-refractivity contribution in [2.24, 2.45) is 5.11 Å². The molecule has 1 aromatic heterocycles. The van der Waals surface area contributed by atoms with Gasteiger partial charge in [0.25, 0.3) is 0 Å². The molecule has 17 heavy (non-hydrogen) atoms. The Morgan fingerprint density at radius 2 is 2.29 bits per heavy atom. The average Bonchev–Trinajstić information content (AvgIpc) is 2.35. The average molecular weight is 249 g/mol. The summed E-state index contributed by atoms with van der Waals surface area (Å²) in [5, 5.41) is 4.75. The first-order valence-corrected chi connectivity index (χ1v) is 5.26. The number of hydrogen-bond donors (Lipinski definition) is 0. The molecule has 0 bridgehead atoms. The number of pyridine rings is 1. The van der Waals surface area contributed by atoms with Gasteiger partial charge in [0.15, 0.2) is 0 Å². The van der Waals surface area contributed by atoms with E-state index in [-0.39, 0.29) is 6.54 Å². The van der Waals surface area contributed by atoms with Gasteiger partial charge in [0, 0.05) is 16.4 Å². The van der Waals surface area contributed by atoms with Crippen molar-refractivity contribution in [1.82, 2.24) is 4.98 Å². The molecule has 1 aromatic carbocycles. The van der Waals surface area contributed by atoms with Gasteiger partial charge in [0.05, 0.1) is 19.2 Å². The molecule has 0 aliphatic heterocycles. The third-order valence-corrected chi connectivity index (χ3v) is 2.68. The smallest absolute Gasteiger partial charge is 0.133 e. The molecule has 0 radical (unpaired) electrons. The molecule has 0 aliphatic carbocycles. The maximum atomic E-state index is 8.28. The molecule has 0 saturated carbocycles. The number of nitrogens with zero attached hydrogens (tertiary/aromatic N) is 4. The zero-order valence-corrected chi connectivity index (χ0v) is 9.85. The lowest BCUT2D eigenvalue weighted by atomic mass is 10.1. The van der Waals surface area contributed by atoms with Gasteiger partial charge in [-0.05, 0) is 29.3 Å². The highest BCUT2D eigenvalue weighted by Gasteiger charge is 2.05. The molecule has 6 heteroatoms. The number of hydrogen-bond acceptors (Lipinski definition) is 3. The Morgan fingerprint density at radius 3 is 3.00 bits per heavy atom. The SMILES string of the molecule is COc1ccc2cc(CN=[N+]=[N-])c(Cl)nc2c1. The summed E-state index contributed by atoms with van der Waals surface area (Å²) in [4.78, 5) is 6.94. The van der Waals surface area contributed by atoms with Crippen LogP contribution in [0.5, 0.6) is 5.75 Å². The van der Waals surface area contributed by atoms with Crippen molar-refractivity contribution in [3.63, 3.8) is 0 Å². The molecule has 0 atom stereocenters. The molecule has 0 amide bonds. The third-order valence-electron chi connectivity index (χ3n) is 2.36. The van der Waals surface area contributed by atoms with Gasteiger partial charge in [-0.15, -0.1) is 0 Å². The molecule has 1 heterocycles. The van der Waals surface area contributed by atoms with Crippen LogP contribution in [0.15, 0.2) is 29.4 Å². The van der Waals surface area contributed by atoms with Crippen LogP contribution in [-0.2, 0) is 6.54 Å². The fourth-order valence-electron chi connectivity index (χ4n) is 1.51. The molecule has 0 N–H and O–H groups in total. The summed E-state index contributed by atoms with van der Waals surface area (Å²) in [6.07, 6.45) is 0. The number of aromatic nitrogens is 1. The number of azide groups is 1. The van der Waals surface area contributed by atoms with Crippen LogP contribution in [0.2, 0.25) is 5.15 Å². The first kappa shape index (κ1) is 11.5. The van der Waals surface area contributed by atoms with Crippen LogP contribution < -0.4 is 4.74 Å². The number of rotatable bonds is 3. The topological polar surface area (TPSA) is 70.9 Å². The molecular formula is C11H9ClN4O. The van der Waals surface area contributed by atoms with Crippen LogP contribution in [-0.4, -0.2) is 12.1 Å². The third kappa shape index (κ3) is 2.41. The van der Waals surface area contributed by atoms with Crippen molar-refractivity contribution in [3.8, 4) is 5.75 Å². The molecule has 0 saturated heterocycles. The van der Waals surface area contributed by atoms with Gasteiger partial charge >= 0.3 is 0 Å². The summed E-state index contributed by atoms with van der Waals surface area (Å²) in [6.45, 7) is 0.199. The normalized spacial score (nSPS) is 10.0. The van der Waals surface area contributed by atoms with Gasteiger partial charge in [0.2, 0.25) is 0 Å². The largest absolute Gasteiger partial charge is 0.497 e. The molecule has 0 aliphatic rings. The van der Waals surface area contributed by atoms with Gasteiger partial charge < -0.3 is 4.74 Å². The Balaban J connectivity index is 2.53. The highest BCUT2D eigenvalue weighted by atomic mass is 35.5. The van der Waals surface area contributed by atoms with Crippen LogP contribution in [0.4, 0.5) is 0 Å². The van der Waals surface area contributed by atoms with Gasteiger partial charge in [-0.1, -0.05) is 16.7 Å². The molecule has 86 valence electrons. The minimum Gasteiger partial charge on any atom is -0.497 e. The Bertz CT molecular complexity index is 608. The standard InChI is InChI=1S/C11H9ClN4O/c1-17-9-3-2-7-4-8(6-14-16-13)11(12)15-10(7)5-9/h2-5H,6H2,1H3. The fraction of sp³-hybridized carbons (Fsp3) is 0.182. The Labute approximate surface area is 103 Å². The van der Waals surface area contributed by atoms with Crippen LogP contribution in [0.1, 0.15) is 5.56 Å². The minimum atomic E-state index is 0.199. The predicted molar refractivity (Wildman–Crippen MR) is 66.2 cm³/mol. The van der Waals surface area contributed by atoms with Crippen molar-refractivity contribution in [2.75, 3.05) is 7.11 Å². The number of benzene rings is 1. The van der Waals surface area contributed by atoms with Crippen molar-refractivity contribution >= 4 is 22.5 Å². The van der Waals surface area contributed by atoms with E-state index in [1.165, 1.54) is 0 Å². The van der Waals surface area contributed by atoms with Gasteiger partial charge in [0.1, 0.15) is 10.9 Å². The van der Waals surface area contributed by atoms with E-state index < -0.39 is 0 Å². The van der Waals surface area contributed by atoms with E-state index in [4.69, 9.17) is 21.9 Å². The zero-order valence-electron chi connectivity index (χ0n) is 9.09. The summed E-state index contributed by atoms with van der Waals surface area (Å²) in [7, 11) is 1.60. The number of halogens is 1. The van der Waals surface area contributed by atoms with Crippen LogP contribution in [0, 0.1) is 0 Å². The summed E-state index contributed by atoms with van der Waals surface area (Å²) in [6, 6.07) is 7.39. The van der Waals surface area contributed by atoms with Crippen molar-refractivity contribution in [2.45, 2.75) is 6.54 Å². The Kier molecular flexibility index (Phi) is 3.32. The molecule has 0 fully saturated rings. The van der Waals surface area contributed by atoms with E-state index in [9.17, 15) is 0 Å². The highest BCUT2D eigenvalue weighted by Crippen LogP contribution is 2.24. The number of ether oxygens (including phenoxy) is 1. The van der Waals surface area contributed by atoms with Crippen LogP contribution >= 0.6 is 11.6 Å². The zero-order chi connectivity index (χ0) is 12.3. The number of methoxy groups -OCH3 is 1. The molecule has 2 rings (SSSR count). The summed E-state index contributed by atoms with van der Waals surface area (Å²) in [5.41, 5.74) is 9.74. The second kappa shape index (κ2) is 4.91. The maximum Gasteiger partial charge on any atom is 0.133 e. The van der Waals surface area contributed by atoms with Crippen molar-refractivity contribution in [1.29, 1.82) is 0 Å². The van der Waals surface area contributed by atoms with Crippen LogP contribution in [0.3, 0.4) is 0 Å². The first-order valence-electron chi connectivity index (χ1n) is 4.88. The summed E-state index contributed by atoms with van der Waals surface area (Å²) < 4.78 is 5.11. The maximum absolute atomic E-state index is 8.28. The summed E-state index contributed by atoms with van der Waals surface area (Å²) in [5.74, 6) is 0.726. The van der Waals surface area contributed by atoms with Crippen LogP contribution in [0.25, 0.3) is 21.3 Å². The van der Waals surface area contributed by atoms with E-state index in [1.54, 1.807) is 13.2 Å². The lowest BCUT2D eigenvalue weighted by Crippen LogP contribution is -1.90. The molecule has 5 nitrogen and oxygen atoms in total. The minimum absolute atomic E-state index is 0.199. The second-order valence-electron chi connectivity index (χ2n) is 3.39. The van der Waals surface area contributed by atoms with E-state index in [2.05, 4.69) is 15.0 Å². The van der Waals surface area contributed by atoms with Gasteiger partial charge in [-0.2, -0.15) is 0 Å². The van der Waals surface area contributed by atoms with Crippen molar-refractivity contribution < 1.29 is 4.74 Å². The van der Waals surface area contributed by atoms with E-state index >= 15 is 0 Å². The lowest BCUT2D eigenvalue weighted by Gasteiger charge is -2.05. The molecular weight excluding hydrogens is 240 g/mol. The Hall–Kier alpha value is -1.97. The predicted octanol–water partition coefficient (Wildman–Crippen LogP) is 3.71. The van der Waals surface area contributed by atoms with E-state index in [0.717, 1.165) is 16.7 Å². The fourth-order valence-corrected chi connectivity index (χ4v) is 1.72. The monoisotopic (exact) mass is 248 g/mol. The molecule has 2 aromatic rings. The number of fused-ring (bicyclic) bond motifs is 1. The summed E-state index contributed by atoms with van der Waals surface area (Å²) >= 11 is 6.00. The first-order chi connectivity index (χ1) is 8.24. The highest BCUT2D eigenvalue weighted by molar-refractivity contribution is 6.30. The Morgan fingerprint density at radius 1 is 1.47 bits per heavy atom. The van der Waals surface area contributed by atoms with Crippen molar-refractivity contribution in [3.05, 3.63) is 45.4 Å². The molecule has 0 spiro atoms. The quantitative estimate of drug-likeness (QED) is 0.359. The lowest BCUT2D eigenvalue weighted by molar-refractivity contribution is 0.415. The molecule has 0 unspecified atom stereocenters. The van der Waals surface area contributed by atoms with E-state index in [0.29, 0.717) is 10.7 Å². The van der Waals surface area contributed by atoms with E-state index in [1.807, 2.05) is 18.2 Å². The van der Waals surface area contributed by atoms with Gasteiger partial charge in [-0.25, -0.2) is 4.98 Å². The van der Waals surface area contributed by atoms with Gasteiger partial charge in [-0.3, -0.25) is 0 Å². The second-order valence-corrected chi connectivity index (χ2v) is 3.74.